The van der Waals surface area contributed by atoms with Gasteiger partial charge in [-0.2, -0.15) is 0 Å². The molecule has 1 unspecified atom stereocenters. The molecule has 0 aromatic heterocycles. The third kappa shape index (κ3) is 6.39. The average molecular weight is 251 g/mol. The molecule has 0 saturated heterocycles. The number of sulfone groups is 1. The Hall–Kier alpha value is -1.11. The lowest BCUT2D eigenvalue weighted by molar-refractivity contribution is -0.143. The predicted octanol–water partition coefficient (Wildman–Crippen LogP) is -0.496. The van der Waals surface area contributed by atoms with Crippen LogP contribution in [0.2, 0.25) is 0 Å². The molecule has 0 aromatic carbocycles. The van der Waals surface area contributed by atoms with E-state index >= 15 is 0 Å². The molecule has 0 aliphatic rings. The summed E-state index contributed by atoms with van der Waals surface area (Å²) in [6, 6.07) is 0. The van der Waals surface area contributed by atoms with Crippen molar-refractivity contribution in [2.45, 2.75) is 13.8 Å². The van der Waals surface area contributed by atoms with Gasteiger partial charge >= 0.3 is 5.97 Å². The molecule has 94 valence electrons. The zero-order valence-electron chi connectivity index (χ0n) is 9.56. The Morgan fingerprint density at radius 2 is 1.81 bits per heavy atom. The Labute approximate surface area is 95.0 Å². The van der Waals surface area contributed by atoms with Crippen molar-refractivity contribution in [3.8, 4) is 0 Å². The van der Waals surface area contributed by atoms with Crippen LogP contribution in [0.1, 0.15) is 13.8 Å². The molecule has 0 aliphatic heterocycles. The van der Waals surface area contributed by atoms with Crippen molar-refractivity contribution in [2.75, 3.05) is 18.6 Å². The minimum atomic E-state index is -3.37. The van der Waals surface area contributed by atoms with Gasteiger partial charge in [0.1, 0.15) is 5.75 Å². The number of rotatable bonds is 6. The van der Waals surface area contributed by atoms with E-state index in [0.717, 1.165) is 6.26 Å². The second-order valence-electron chi connectivity index (χ2n) is 4.06. The van der Waals surface area contributed by atoms with Gasteiger partial charge in [0.05, 0.1) is 5.92 Å². The van der Waals surface area contributed by atoms with Gasteiger partial charge in [0, 0.05) is 12.8 Å². The first-order valence-electron chi connectivity index (χ1n) is 4.80. The lowest BCUT2D eigenvalue weighted by Crippen LogP contribution is -2.38. The monoisotopic (exact) mass is 251 g/mol. The van der Waals surface area contributed by atoms with E-state index in [4.69, 9.17) is 5.11 Å². The van der Waals surface area contributed by atoms with Gasteiger partial charge in [0.2, 0.25) is 5.91 Å². The summed E-state index contributed by atoms with van der Waals surface area (Å²) in [5, 5.41) is 11.1. The topological polar surface area (TPSA) is 101 Å². The van der Waals surface area contributed by atoms with E-state index in [9.17, 15) is 18.0 Å². The first kappa shape index (κ1) is 14.9. The third-order valence-corrected chi connectivity index (χ3v) is 2.82. The minimum Gasteiger partial charge on any atom is -0.481 e. The normalized spacial score (nSPS) is 13.5. The van der Waals surface area contributed by atoms with Crippen LogP contribution >= 0.6 is 0 Å². The Morgan fingerprint density at radius 3 is 2.12 bits per heavy atom. The molecular weight excluding hydrogens is 234 g/mol. The first-order valence-corrected chi connectivity index (χ1v) is 6.86. The smallest absolute Gasteiger partial charge is 0.308 e. The summed E-state index contributed by atoms with van der Waals surface area (Å²) >= 11 is 0. The van der Waals surface area contributed by atoms with Gasteiger partial charge < -0.3 is 10.4 Å². The molecule has 0 rings (SSSR count). The van der Waals surface area contributed by atoms with Crippen LogP contribution in [0.25, 0.3) is 0 Å². The van der Waals surface area contributed by atoms with E-state index in [1.54, 1.807) is 13.8 Å². The van der Waals surface area contributed by atoms with Gasteiger partial charge in [-0.3, -0.25) is 9.59 Å². The molecule has 0 spiro atoms. The summed E-state index contributed by atoms with van der Waals surface area (Å²) < 4.78 is 21.6. The molecule has 1 amide bonds. The van der Waals surface area contributed by atoms with Crippen molar-refractivity contribution in [3.63, 3.8) is 0 Å². The molecule has 0 aliphatic carbocycles. The van der Waals surface area contributed by atoms with Crippen LogP contribution in [0.5, 0.6) is 0 Å². The van der Waals surface area contributed by atoms with Gasteiger partial charge in [-0.15, -0.1) is 0 Å². The van der Waals surface area contributed by atoms with E-state index in [0.29, 0.717) is 0 Å². The molecule has 7 heteroatoms. The molecule has 0 heterocycles. The standard InChI is InChI=1S/C9H17NO5S/c1-6(2)7(9(12)13)4-10-8(11)5-16(3,14)15/h6-7H,4-5H2,1-3H3,(H,10,11)(H,12,13). The zero-order valence-corrected chi connectivity index (χ0v) is 10.4. The summed E-state index contributed by atoms with van der Waals surface area (Å²) in [6.07, 6.45) is 0.948. The first-order chi connectivity index (χ1) is 7.13. The van der Waals surface area contributed by atoms with E-state index in [2.05, 4.69) is 5.32 Å². The predicted molar refractivity (Wildman–Crippen MR) is 58.7 cm³/mol. The molecule has 16 heavy (non-hydrogen) atoms. The maximum Gasteiger partial charge on any atom is 0.308 e. The lowest BCUT2D eigenvalue weighted by Gasteiger charge is -2.16. The molecule has 0 fully saturated rings. The Kier molecular flexibility index (Phi) is 5.43. The maximum absolute atomic E-state index is 11.1. The highest BCUT2D eigenvalue weighted by atomic mass is 32.2. The van der Waals surface area contributed by atoms with Crippen LogP contribution in [-0.2, 0) is 19.4 Å². The fourth-order valence-corrected chi connectivity index (χ4v) is 1.70. The molecule has 0 radical (unpaired) electrons. The second-order valence-corrected chi connectivity index (χ2v) is 6.20. The van der Waals surface area contributed by atoms with Crippen LogP contribution in [-0.4, -0.2) is 44.0 Å². The maximum atomic E-state index is 11.1. The van der Waals surface area contributed by atoms with Crippen molar-refractivity contribution in [3.05, 3.63) is 0 Å². The molecule has 2 N–H and O–H groups in total. The molecule has 0 aromatic rings. The van der Waals surface area contributed by atoms with Crippen LogP contribution in [0.4, 0.5) is 0 Å². The van der Waals surface area contributed by atoms with E-state index in [1.807, 2.05) is 0 Å². The molecular formula is C9H17NO5S. The fourth-order valence-electron chi connectivity index (χ4n) is 1.12. The SMILES string of the molecule is CC(C)C(CNC(=O)CS(C)(=O)=O)C(=O)O. The largest absolute Gasteiger partial charge is 0.481 e. The van der Waals surface area contributed by atoms with E-state index in [-0.39, 0.29) is 12.5 Å². The van der Waals surface area contributed by atoms with Gasteiger partial charge in [-0.1, -0.05) is 13.8 Å². The van der Waals surface area contributed by atoms with Gasteiger partial charge in [0.15, 0.2) is 9.84 Å². The number of hydrogen-bond donors (Lipinski definition) is 2. The lowest BCUT2D eigenvalue weighted by atomic mass is 9.96. The van der Waals surface area contributed by atoms with E-state index in [1.165, 1.54) is 0 Å². The van der Waals surface area contributed by atoms with E-state index < -0.39 is 33.4 Å². The molecule has 1 atom stereocenters. The van der Waals surface area contributed by atoms with Crippen molar-refractivity contribution >= 4 is 21.7 Å². The highest BCUT2D eigenvalue weighted by molar-refractivity contribution is 7.91. The number of carboxylic acids is 1. The summed E-state index contributed by atoms with van der Waals surface area (Å²) in [6.45, 7) is 3.39. The number of amides is 1. The van der Waals surface area contributed by atoms with Crippen molar-refractivity contribution in [2.24, 2.45) is 11.8 Å². The molecule has 0 bridgehead atoms. The van der Waals surface area contributed by atoms with Crippen LogP contribution < -0.4 is 5.32 Å². The van der Waals surface area contributed by atoms with Crippen LogP contribution in [0.3, 0.4) is 0 Å². The summed E-state index contributed by atoms with van der Waals surface area (Å²) in [4.78, 5) is 21.9. The Bertz CT molecular complexity index is 360. The van der Waals surface area contributed by atoms with Gasteiger partial charge in [0.25, 0.3) is 0 Å². The average Bonchev–Trinajstić information content (AvgIpc) is 1.98. The fraction of sp³-hybridized carbons (Fsp3) is 0.778. The van der Waals surface area contributed by atoms with Crippen LogP contribution in [0.15, 0.2) is 0 Å². The van der Waals surface area contributed by atoms with Crippen molar-refractivity contribution in [1.82, 2.24) is 5.32 Å². The van der Waals surface area contributed by atoms with Gasteiger partial charge in [-0.25, -0.2) is 8.42 Å². The summed E-state index contributed by atoms with van der Waals surface area (Å²) in [7, 11) is -3.37. The molecule has 6 nitrogen and oxygen atoms in total. The quantitative estimate of drug-likeness (QED) is 0.663. The number of aliphatic carboxylic acids is 1. The summed E-state index contributed by atoms with van der Waals surface area (Å²) in [5.74, 6) is -3.12. The zero-order chi connectivity index (χ0) is 12.9. The summed E-state index contributed by atoms with van der Waals surface area (Å²) in [5.41, 5.74) is 0. The third-order valence-electron chi connectivity index (χ3n) is 2.03. The number of nitrogens with one attached hydrogen (secondary N) is 1. The highest BCUT2D eigenvalue weighted by Crippen LogP contribution is 2.09. The Morgan fingerprint density at radius 1 is 1.31 bits per heavy atom. The number of carbonyl (C=O) groups is 2. The second kappa shape index (κ2) is 5.83. The highest BCUT2D eigenvalue weighted by Gasteiger charge is 2.22. The van der Waals surface area contributed by atoms with Crippen molar-refractivity contribution in [1.29, 1.82) is 0 Å². The minimum absolute atomic E-state index is 0.0542. The number of carbonyl (C=O) groups excluding carboxylic acids is 1. The Balaban J connectivity index is 4.23. The molecule has 0 saturated carbocycles. The van der Waals surface area contributed by atoms with Crippen molar-refractivity contribution < 1.29 is 23.1 Å². The van der Waals surface area contributed by atoms with Gasteiger partial charge in [-0.05, 0) is 5.92 Å². The number of hydrogen-bond acceptors (Lipinski definition) is 4. The van der Waals surface area contributed by atoms with Crippen LogP contribution in [0, 0.1) is 11.8 Å². The number of carboxylic acid groups (broad SMARTS) is 1.